The molecule has 3 rings (SSSR count). The number of halogens is 3. The van der Waals surface area contributed by atoms with Crippen LogP contribution in [0.5, 0.6) is 0 Å². The van der Waals surface area contributed by atoms with Crippen LogP contribution in [-0.2, 0) is 10.0 Å². The normalized spacial score (nSPS) is 11.2. The highest BCUT2D eigenvalue weighted by atomic mass is 35.5. The SMILES string of the molecule is Cc1cc(F)ccc1NC(=O)c1ccc(NS(=O)(=O)c2ccc(F)c(Cl)c2)cc1. The first kappa shape index (κ1) is 20.8. The number of nitrogens with one attached hydrogen (secondary N) is 2. The Hall–Kier alpha value is -2.97. The summed E-state index contributed by atoms with van der Waals surface area (Å²) in [6.45, 7) is 1.66. The molecule has 9 heteroatoms. The second-order valence-electron chi connectivity index (χ2n) is 6.17. The molecular weight excluding hydrogens is 422 g/mol. The number of carbonyl (C=O) groups excluding carboxylic acids is 1. The number of carbonyl (C=O) groups is 1. The van der Waals surface area contributed by atoms with Crippen LogP contribution in [0.3, 0.4) is 0 Å². The lowest BCUT2D eigenvalue weighted by atomic mass is 10.1. The summed E-state index contributed by atoms with van der Waals surface area (Å²) < 4.78 is 53.5. The predicted molar refractivity (Wildman–Crippen MR) is 108 cm³/mol. The first-order valence-electron chi connectivity index (χ1n) is 8.31. The topological polar surface area (TPSA) is 75.3 Å². The van der Waals surface area contributed by atoms with E-state index in [4.69, 9.17) is 11.6 Å². The standard InChI is InChI=1S/C20H15ClF2N2O3S/c1-12-10-14(22)4-9-19(12)24-20(26)13-2-5-15(6-3-13)25-29(27,28)16-7-8-18(23)17(21)11-16/h2-11,25H,1H3,(H,24,26). The molecule has 0 aliphatic heterocycles. The van der Waals surface area contributed by atoms with Gasteiger partial charge in [-0.3, -0.25) is 9.52 Å². The largest absolute Gasteiger partial charge is 0.322 e. The molecule has 0 aliphatic rings. The summed E-state index contributed by atoms with van der Waals surface area (Å²) >= 11 is 5.63. The average molecular weight is 437 g/mol. The number of hydrogen-bond acceptors (Lipinski definition) is 3. The quantitative estimate of drug-likeness (QED) is 0.592. The lowest BCUT2D eigenvalue weighted by Crippen LogP contribution is -2.14. The Morgan fingerprint density at radius 1 is 0.966 bits per heavy atom. The molecule has 29 heavy (non-hydrogen) atoms. The van der Waals surface area contributed by atoms with Crippen LogP contribution in [-0.4, -0.2) is 14.3 Å². The van der Waals surface area contributed by atoms with Crippen LogP contribution < -0.4 is 10.0 Å². The average Bonchev–Trinajstić information content (AvgIpc) is 2.66. The van der Waals surface area contributed by atoms with Crippen molar-refractivity contribution in [3.63, 3.8) is 0 Å². The van der Waals surface area contributed by atoms with E-state index in [-0.39, 0.29) is 21.2 Å². The molecule has 0 bridgehead atoms. The van der Waals surface area contributed by atoms with E-state index < -0.39 is 27.6 Å². The summed E-state index contributed by atoms with van der Waals surface area (Å²) in [5, 5.41) is 2.36. The van der Waals surface area contributed by atoms with Gasteiger partial charge in [0.15, 0.2) is 0 Å². The monoisotopic (exact) mass is 436 g/mol. The Morgan fingerprint density at radius 3 is 2.28 bits per heavy atom. The molecule has 0 spiro atoms. The van der Waals surface area contributed by atoms with Crippen molar-refractivity contribution in [3.8, 4) is 0 Å². The molecule has 0 saturated carbocycles. The van der Waals surface area contributed by atoms with Crippen LogP contribution in [0.2, 0.25) is 5.02 Å². The molecule has 150 valence electrons. The molecule has 0 unspecified atom stereocenters. The molecule has 3 aromatic carbocycles. The van der Waals surface area contributed by atoms with Gasteiger partial charge >= 0.3 is 0 Å². The molecule has 0 aromatic heterocycles. The maximum absolute atomic E-state index is 13.2. The molecule has 0 fully saturated rings. The van der Waals surface area contributed by atoms with E-state index in [0.29, 0.717) is 11.3 Å². The van der Waals surface area contributed by atoms with E-state index in [0.717, 1.165) is 18.2 Å². The molecule has 0 radical (unpaired) electrons. The summed E-state index contributed by atoms with van der Waals surface area (Å²) in [4.78, 5) is 12.1. The van der Waals surface area contributed by atoms with Crippen molar-refractivity contribution in [2.75, 3.05) is 10.0 Å². The summed E-state index contributed by atoms with van der Waals surface area (Å²) in [5.74, 6) is -1.56. The molecule has 0 saturated heterocycles. The smallest absolute Gasteiger partial charge is 0.261 e. The van der Waals surface area contributed by atoms with E-state index >= 15 is 0 Å². The molecule has 0 heterocycles. The first-order valence-corrected chi connectivity index (χ1v) is 10.2. The molecule has 1 amide bonds. The Morgan fingerprint density at radius 2 is 1.66 bits per heavy atom. The predicted octanol–water partition coefficient (Wildman–Crippen LogP) is 4.98. The van der Waals surface area contributed by atoms with Crippen molar-refractivity contribution in [1.29, 1.82) is 0 Å². The Kier molecular flexibility index (Phi) is 5.86. The third kappa shape index (κ3) is 4.90. The summed E-state index contributed by atoms with van der Waals surface area (Å²) in [6.07, 6.45) is 0. The van der Waals surface area contributed by atoms with Gasteiger partial charge < -0.3 is 5.32 Å². The Balaban J connectivity index is 1.74. The van der Waals surface area contributed by atoms with Crippen LogP contribution in [0, 0.1) is 18.6 Å². The highest BCUT2D eigenvalue weighted by molar-refractivity contribution is 7.92. The second kappa shape index (κ2) is 8.18. The highest BCUT2D eigenvalue weighted by Gasteiger charge is 2.16. The van der Waals surface area contributed by atoms with E-state index in [1.165, 1.54) is 42.5 Å². The van der Waals surface area contributed by atoms with Crippen LogP contribution >= 0.6 is 11.6 Å². The molecule has 5 nitrogen and oxygen atoms in total. The van der Waals surface area contributed by atoms with Crippen molar-refractivity contribution in [2.45, 2.75) is 11.8 Å². The van der Waals surface area contributed by atoms with Crippen LogP contribution in [0.4, 0.5) is 20.2 Å². The van der Waals surface area contributed by atoms with Gasteiger partial charge in [-0.2, -0.15) is 0 Å². The van der Waals surface area contributed by atoms with Gasteiger partial charge in [0.2, 0.25) is 0 Å². The lowest BCUT2D eigenvalue weighted by molar-refractivity contribution is 0.102. The van der Waals surface area contributed by atoms with Crippen molar-refractivity contribution in [3.05, 3.63) is 88.4 Å². The van der Waals surface area contributed by atoms with Crippen LogP contribution in [0.1, 0.15) is 15.9 Å². The molecule has 0 aliphatic carbocycles. The molecule has 0 atom stereocenters. The molecule has 2 N–H and O–H groups in total. The first-order chi connectivity index (χ1) is 13.7. The van der Waals surface area contributed by atoms with E-state index in [9.17, 15) is 22.0 Å². The summed E-state index contributed by atoms with van der Waals surface area (Å²) in [6, 6.07) is 12.7. The Labute approximate surface area is 171 Å². The van der Waals surface area contributed by atoms with Gasteiger partial charge in [-0.15, -0.1) is 0 Å². The fourth-order valence-corrected chi connectivity index (χ4v) is 3.84. The van der Waals surface area contributed by atoms with E-state index in [1.807, 2.05) is 0 Å². The molecular formula is C20H15ClF2N2O3S. The zero-order valence-corrected chi connectivity index (χ0v) is 16.6. The van der Waals surface area contributed by atoms with Gasteiger partial charge in [0.25, 0.3) is 15.9 Å². The number of benzene rings is 3. The van der Waals surface area contributed by atoms with Crippen LogP contribution in [0.25, 0.3) is 0 Å². The van der Waals surface area contributed by atoms with Crippen molar-refractivity contribution in [2.24, 2.45) is 0 Å². The van der Waals surface area contributed by atoms with Crippen LogP contribution in [0.15, 0.2) is 65.6 Å². The third-order valence-corrected chi connectivity index (χ3v) is 5.71. The van der Waals surface area contributed by atoms with Crippen molar-refractivity contribution in [1.82, 2.24) is 0 Å². The number of amides is 1. The number of sulfonamides is 1. The summed E-state index contributed by atoms with van der Waals surface area (Å²) in [5.41, 5.74) is 1.52. The van der Waals surface area contributed by atoms with Crippen molar-refractivity contribution >= 4 is 38.9 Å². The van der Waals surface area contributed by atoms with Gasteiger partial charge in [0.05, 0.1) is 9.92 Å². The minimum atomic E-state index is -3.98. The third-order valence-electron chi connectivity index (χ3n) is 4.04. The fraction of sp³-hybridized carbons (Fsp3) is 0.0500. The second-order valence-corrected chi connectivity index (χ2v) is 8.26. The lowest BCUT2D eigenvalue weighted by Gasteiger charge is -2.11. The molecule has 3 aromatic rings. The fourth-order valence-electron chi connectivity index (χ4n) is 2.51. The minimum Gasteiger partial charge on any atom is -0.322 e. The number of rotatable bonds is 5. The van der Waals surface area contributed by atoms with Gasteiger partial charge in [-0.25, -0.2) is 17.2 Å². The van der Waals surface area contributed by atoms with Gasteiger partial charge in [-0.1, -0.05) is 11.6 Å². The van der Waals surface area contributed by atoms with E-state index in [2.05, 4.69) is 10.0 Å². The maximum Gasteiger partial charge on any atom is 0.261 e. The highest BCUT2D eigenvalue weighted by Crippen LogP contribution is 2.22. The zero-order chi connectivity index (χ0) is 21.2. The maximum atomic E-state index is 13.2. The van der Waals surface area contributed by atoms with E-state index in [1.54, 1.807) is 6.92 Å². The zero-order valence-electron chi connectivity index (χ0n) is 15.0. The number of hydrogen-bond donors (Lipinski definition) is 2. The van der Waals surface area contributed by atoms with Gasteiger partial charge in [0.1, 0.15) is 11.6 Å². The van der Waals surface area contributed by atoms with Gasteiger partial charge in [-0.05, 0) is 73.2 Å². The number of anilines is 2. The Bertz CT molecular complexity index is 1180. The minimum absolute atomic E-state index is 0.197. The van der Waals surface area contributed by atoms with Gasteiger partial charge in [0, 0.05) is 16.9 Å². The number of aryl methyl sites for hydroxylation is 1. The van der Waals surface area contributed by atoms with Crippen molar-refractivity contribution < 1.29 is 22.0 Å². The summed E-state index contributed by atoms with van der Waals surface area (Å²) in [7, 11) is -3.98.